The minimum atomic E-state index is -1.80. The highest BCUT2D eigenvalue weighted by Crippen LogP contribution is 2.46. The number of aliphatic hydroxyl groups is 2. The first-order chi connectivity index (χ1) is 10.1. The third kappa shape index (κ3) is 3.05. The van der Waals surface area contributed by atoms with E-state index in [-0.39, 0.29) is 5.57 Å². The lowest BCUT2D eigenvalue weighted by atomic mass is 9.79. The summed E-state index contributed by atoms with van der Waals surface area (Å²) in [6, 6.07) is 0. The number of carbonyl (C=O) groups is 3. The molecule has 1 aliphatic carbocycles. The molecule has 0 heterocycles. The van der Waals surface area contributed by atoms with E-state index in [1.165, 1.54) is 27.0 Å². The normalized spacial score (nSPS) is 35.1. The molecule has 0 saturated heterocycles. The fourth-order valence-corrected chi connectivity index (χ4v) is 3.23. The van der Waals surface area contributed by atoms with Gasteiger partial charge in [0.2, 0.25) is 0 Å². The standard InChI is InChI=1S/C15H22O7/c1-6-9(14(19)21-5)10-11(7(2)16)15(4,20)13(12(10)18)22-8(3)17/h6,10-13,18,20H,1-5H3/b9-6+/t10-,11+,12+,13+,15-/m1/s1. The Kier molecular flexibility index (Phi) is 5.48. The van der Waals surface area contributed by atoms with Crippen molar-refractivity contribution in [1.29, 1.82) is 0 Å². The molecule has 7 nitrogen and oxygen atoms in total. The van der Waals surface area contributed by atoms with Crippen LogP contribution in [0.2, 0.25) is 0 Å². The molecule has 0 bridgehead atoms. The summed E-state index contributed by atoms with van der Waals surface area (Å²) in [5.74, 6) is -3.96. The zero-order valence-corrected chi connectivity index (χ0v) is 13.3. The summed E-state index contributed by atoms with van der Waals surface area (Å²) in [5, 5.41) is 21.1. The number of ether oxygens (including phenoxy) is 2. The Morgan fingerprint density at radius 3 is 2.14 bits per heavy atom. The summed E-state index contributed by atoms with van der Waals surface area (Å²) < 4.78 is 9.64. The van der Waals surface area contributed by atoms with Crippen LogP contribution in [0.1, 0.15) is 27.7 Å². The number of aliphatic hydroxyl groups excluding tert-OH is 1. The fourth-order valence-electron chi connectivity index (χ4n) is 3.23. The van der Waals surface area contributed by atoms with Gasteiger partial charge in [0.1, 0.15) is 17.5 Å². The maximum absolute atomic E-state index is 12.0. The van der Waals surface area contributed by atoms with E-state index in [2.05, 4.69) is 4.74 Å². The molecule has 124 valence electrons. The Hall–Kier alpha value is -1.73. The molecule has 0 aromatic rings. The Morgan fingerprint density at radius 1 is 1.23 bits per heavy atom. The summed E-state index contributed by atoms with van der Waals surface area (Å²) in [5.41, 5.74) is -1.74. The van der Waals surface area contributed by atoms with E-state index < -0.39 is 47.4 Å². The first kappa shape index (κ1) is 18.3. The van der Waals surface area contributed by atoms with Crippen LogP contribution in [-0.2, 0) is 23.9 Å². The van der Waals surface area contributed by atoms with Gasteiger partial charge in [0.25, 0.3) is 0 Å². The van der Waals surface area contributed by atoms with Crippen LogP contribution in [0.3, 0.4) is 0 Å². The van der Waals surface area contributed by atoms with Crippen molar-refractivity contribution in [3.63, 3.8) is 0 Å². The predicted molar refractivity (Wildman–Crippen MR) is 75.6 cm³/mol. The van der Waals surface area contributed by atoms with E-state index in [1.54, 1.807) is 6.92 Å². The zero-order chi connectivity index (χ0) is 17.2. The molecule has 22 heavy (non-hydrogen) atoms. The smallest absolute Gasteiger partial charge is 0.333 e. The highest BCUT2D eigenvalue weighted by atomic mass is 16.6. The van der Waals surface area contributed by atoms with Crippen molar-refractivity contribution in [2.75, 3.05) is 7.11 Å². The number of methoxy groups -OCH3 is 1. The zero-order valence-electron chi connectivity index (χ0n) is 13.3. The molecule has 5 atom stereocenters. The van der Waals surface area contributed by atoms with Gasteiger partial charge >= 0.3 is 11.9 Å². The van der Waals surface area contributed by atoms with Crippen LogP contribution in [0.25, 0.3) is 0 Å². The average molecular weight is 314 g/mol. The molecule has 0 amide bonds. The molecule has 1 rings (SSSR count). The molecular weight excluding hydrogens is 292 g/mol. The van der Waals surface area contributed by atoms with E-state index in [4.69, 9.17) is 4.74 Å². The van der Waals surface area contributed by atoms with Crippen LogP contribution < -0.4 is 0 Å². The first-order valence-electron chi connectivity index (χ1n) is 6.92. The van der Waals surface area contributed by atoms with Gasteiger partial charge in [0.05, 0.1) is 13.0 Å². The van der Waals surface area contributed by atoms with E-state index in [0.717, 1.165) is 6.92 Å². The molecule has 1 fully saturated rings. The number of carbonyl (C=O) groups excluding carboxylic acids is 3. The van der Waals surface area contributed by atoms with Crippen molar-refractivity contribution in [2.45, 2.75) is 45.5 Å². The first-order valence-corrected chi connectivity index (χ1v) is 6.92. The molecule has 2 N–H and O–H groups in total. The van der Waals surface area contributed by atoms with E-state index >= 15 is 0 Å². The van der Waals surface area contributed by atoms with Crippen LogP contribution in [0.5, 0.6) is 0 Å². The van der Waals surface area contributed by atoms with Crippen molar-refractivity contribution in [1.82, 2.24) is 0 Å². The monoisotopic (exact) mass is 314 g/mol. The summed E-state index contributed by atoms with van der Waals surface area (Å²) in [7, 11) is 1.18. The van der Waals surface area contributed by atoms with E-state index in [1.807, 2.05) is 0 Å². The van der Waals surface area contributed by atoms with Gasteiger partial charge < -0.3 is 19.7 Å². The molecule has 0 aromatic carbocycles. The van der Waals surface area contributed by atoms with Crippen LogP contribution in [-0.4, -0.2) is 52.9 Å². The third-order valence-corrected chi connectivity index (χ3v) is 4.07. The van der Waals surface area contributed by atoms with Crippen LogP contribution in [0.4, 0.5) is 0 Å². The van der Waals surface area contributed by atoms with Crippen LogP contribution in [0.15, 0.2) is 11.6 Å². The second kappa shape index (κ2) is 6.58. The molecule has 1 aliphatic rings. The summed E-state index contributed by atoms with van der Waals surface area (Å²) in [6.07, 6.45) is -1.30. The van der Waals surface area contributed by atoms with Crippen molar-refractivity contribution in [3.8, 4) is 0 Å². The van der Waals surface area contributed by atoms with E-state index in [0.29, 0.717) is 0 Å². The average Bonchev–Trinajstić information content (AvgIpc) is 2.59. The molecule has 0 unspecified atom stereocenters. The number of ketones is 1. The van der Waals surface area contributed by atoms with Crippen LogP contribution >= 0.6 is 0 Å². The molecule has 0 aromatic heterocycles. The van der Waals surface area contributed by atoms with Gasteiger partial charge in [-0.05, 0) is 20.8 Å². The van der Waals surface area contributed by atoms with Gasteiger partial charge in [-0.1, -0.05) is 6.08 Å². The van der Waals surface area contributed by atoms with Gasteiger partial charge in [-0.2, -0.15) is 0 Å². The van der Waals surface area contributed by atoms with Gasteiger partial charge in [0, 0.05) is 18.4 Å². The largest absolute Gasteiger partial charge is 0.466 e. The number of Topliss-reactive ketones (excluding diaryl/α,β-unsaturated/α-hetero) is 1. The lowest BCUT2D eigenvalue weighted by Gasteiger charge is -2.30. The summed E-state index contributed by atoms with van der Waals surface area (Å²) in [6.45, 7) is 5.25. The van der Waals surface area contributed by atoms with Crippen molar-refractivity contribution in [2.24, 2.45) is 11.8 Å². The summed E-state index contributed by atoms with van der Waals surface area (Å²) in [4.78, 5) is 35.1. The Labute approximate surface area is 128 Å². The van der Waals surface area contributed by atoms with Crippen molar-refractivity contribution >= 4 is 17.7 Å². The summed E-state index contributed by atoms with van der Waals surface area (Å²) >= 11 is 0. The highest BCUT2D eigenvalue weighted by molar-refractivity contribution is 5.91. The van der Waals surface area contributed by atoms with Crippen molar-refractivity contribution < 1.29 is 34.1 Å². The van der Waals surface area contributed by atoms with Gasteiger partial charge in [-0.15, -0.1) is 0 Å². The highest BCUT2D eigenvalue weighted by Gasteiger charge is 2.62. The molecule has 0 aliphatic heterocycles. The number of allylic oxidation sites excluding steroid dienone is 1. The SMILES string of the molecule is C/C=C(/C(=O)OC)[C@H]1[C@H](O)[C@H](OC(C)=O)[C@](C)(O)[C@H]1C(C)=O. The molecule has 0 spiro atoms. The van der Waals surface area contributed by atoms with Gasteiger partial charge in [-0.25, -0.2) is 4.79 Å². The maximum atomic E-state index is 12.0. The lowest BCUT2D eigenvalue weighted by molar-refractivity contribution is -0.169. The van der Waals surface area contributed by atoms with Gasteiger partial charge in [0.15, 0.2) is 6.10 Å². The van der Waals surface area contributed by atoms with Gasteiger partial charge in [-0.3, -0.25) is 9.59 Å². The predicted octanol–water partition coefficient (Wildman–Crippen LogP) is -0.0157. The molecule has 1 saturated carbocycles. The lowest BCUT2D eigenvalue weighted by Crippen LogP contribution is -2.47. The quantitative estimate of drug-likeness (QED) is 0.554. The third-order valence-electron chi connectivity index (χ3n) is 4.07. The minimum absolute atomic E-state index is 0.0603. The fraction of sp³-hybridized carbons (Fsp3) is 0.667. The second-order valence-electron chi connectivity index (χ2n) is 5.60. The Balaban J connectivity index is 3.38. The van der Waals surface area contributed by atoms with E-state index in [9.17, 15) is 24.6 Å². The number of hydrogen-bond donors (Lipinski definition) is 2. The number of esters is 2. The van der Waals surface area contributed by atoms with Crippen LogP contribution in [0, 0.1) is 11.8 Å². The molecule has 7 heteroatoms. The Morgan fingerprint density at radius 2 is 1.77 bits per heavy atom. The second-order valence-corrected chi connectivity index (χ2v) is 5.60. The van der Waals surface area contributed by atoms with Crippen molar-refractivity contribution in [3.05, 3.63) is 11.6 Å². The topological polar surface area (TPSA) is 110 Å². The number of rotatable bonds is 4. The maximum Gasteiger partial charge on any atom is 0.333 e. The molecule has 0 radical (unpaired) electrons. The minimum Gasteiger partial charge on any atom is -0.466 e. The number of hydrogen-bond acceptors (Lipinski definition) is 7. The molecular formula is C15H22O7. The Bertz CT molecular complexity index is 506.